The summed E-state index contributed by atoms with van der Waals surface area (Å²) in [6.45, 7) is 9.23. The summed E-state index contributed by atoms with van der Waals surface area (Å²) in [6.07, 6.45) is 0. The van der Waals surface area contributed by atoms with Gasteiger partial charge in [-0.3, -0.25) is 0 Å². The molecule has 0 aliphatic heterocycles. The van der Waals surface area contributed by atoms with Crippen LogP contribution in [0.4, 0.5) is 5.69 Å². The van der Waals surface area contributed by atoms with Gasteiger partial charge in [-0.15, -0.1) is 0 Å². The number of anilines is 1. The van der Waals surface area contributed by atoms with E-state index >= 15 is 0 Å². The van der Waals surface area contributed by atoms with Crippen LogP contribution in [0.3, 0.4) is 0 Å². The second-order valence-electron chi connectivity index (χ2n) is 7.71. The number of halogens is 1. The molecule has 0 amide bonds. The molecule has 0 saturated heterocycles. The van der Waals surface area contributed by atoms with Crippen LogP contribution in [0.25, 0.3) is 0 Å². The molecule has 1 atom stereocenters. The minimum atomic E-state index is -1.20. The lowest BCUT2D eigenvalue weighted by molar-refractivity contribution is -0.0893. The Hall–Kier alpha value is -1.38. The van der Waals surface area contributed by atoms with Gasteiger partial charge >= 0.3 is 7.48 Å². The molecule has 2 aromatic carbocycles. The summed E-state index contributed by atoms with van der Waals surface area (Å²) < 4.78 is 26.7. The molecular weight excluding hydrogens is 409 g/mol. The average molecular weight is 437 g/mol. The van der Waals surface area contributed by atoms with Crippen LogP contribution < -0.4 is 14.9 Å². The topological polar surface area (TPSA) is 73.8 Å². The van der Waals surface area contributed by atoms with E-state index in [4.69, 9.17) is 21.0 Å². The second-order valence-corrected chi connectivity index (χ2v) is 9.62. The van der Waals surface area contributed by atoms with E-state index in [0.29, 0.717) is 28.8 Å². The molecule has 8 heteroatoms. The van der Waals surface area contributed by atoms with Gasteiger partial charge in [0.1, 0.15) is 23.8 Å². The minimum absolute atomic E-state index is 0.337. The van der Waals surface area contributed by atoms with Crippen LogP contribution in [0.15, 0.2) is 42.5 Å². The monoisotopic (exact) mass is 436 g/mol. The third kappa shape index (κ3) is 7.12. The summed E-state index contributed by atoms with van der Waals surface area (Å²) in [6, 6.07) is 12.9. The van der Waals surface area contributed by atoms with Crippen molar-refractivity contribution in [3.8, 4) is 5.75 Å². The van der Waals surface area contributed by atoms with E-state index in [0.717, 1.165) is 11.0 Å². The van der Waals surface area contributed by atoms with Gasteiger partial charge in [-0.25, -0.2) is 4.72 Å². The molecule has 1 unspecified atom stereocenters. The summed E-state index contributed by atoms with van der Waals surface area (Å²) in [5, 5.41) is 10.9. The van der Waals surface area contributed by atoms with Crippen molar-refractivity contribution in [1.29, 1.82) is 0 Å². The highest BCUT2D eigenvalue weighted by Crippen LogP contribution is 2.27. The predicted molar refractivity (Wildman–Crippen MR) is 121 cm³/mol. The molecule has 0 spiro atoms. The number of rotatable bonds is 10. The lowest BCUT2D eigenvalue weighted by Gasteiger charge is -2.37. The molecule has 0 fully saturated rings. The highest BCUT2D eigenvalue weighted by atomic mass is 35.5. The number of hydrogen-bond acceptors (Lipinski definition) is 5. The maximum Gasteiger partial charge on any atom is 0.331 e. The van der Waals surface area contributed by atoms with Crippen molar-refractivity contribution in [1.82, 2.24) is 0 Å². The first-order valence-electron chi connectivity index (χ1n) is 9.41. The van der Waals surface area contributed by atoms with E-state index in [1.807, 2.05) is 57.2 Å². The van der Waals surface area contributed by atoms with Crippen molar-refractivity contribution in [2.24, 2.45) is 0 Å². The number of nitrogens with one attached hydrogen (secondary N) is 1. The van der Waals surface area contributed by atoms with Gasteiger partial charge < -0.3 is 19.1 Å². The van der Waals surface area contributed by atoms with Crippen LogP contribution in [0.1, 0.15) is 40.2 Å². The van der Waals surface area contributed by atoms with Crippen molar-refractivity contribution in [2.45, 2.75) is 52.4 Å². The third-order valence-corrected chi connectivity index (χ3v) is 5.99. The molecule has 5 nitrogen and oxygen atoms in total. The maximum atomic E-state index is 12.0. The normalized spacial score (nSPS) is 13.1. The summed E-state index contributed by atoms with van der Waals surface area (Å²) in [5.74, 6) is 1.04. The largest absolute Gasteiger partial charge is 0.593 e. The molecule has 0 aromatic heterocycles. The Balaban J connectivity index is 2.17. The van der Waals surface area contributed by atoms with Gasteiger partial charge in [0.15, 0.2) is 0 Å². The smallest absolute Gasteiger partial charge is 0.331 e. The zero-order valence-electron chi connectivity index (χ0n) is 17.5. The molecule has 29 heavy (non-hydrogen) atoms. The third-order valence-electron chi connectivity index (χ3n) is 4.76. The highest BCUT2D eigenvalue weighted by molar-refractivity contribution is 7.92. The van der Waals surface area contributed by atoms with Crippen LogP contribution in [-0.4, -0.2) is 34.1 Å². The van der Waals surface area contributed by atoms with Crippen LogP contribution in [0.2, 0.25) is 5.02 Å². The molecule has 0 aliphatic rings. The first-order chi connectivity index (χ1) is 13.5. The van der Waals surface area contributed by atoms with Crippen LogP contribution in [0, 0.1) is 0 Å². The Morgan fingerprint density at radius 3 is 2.38 bits per heavy atom. The molecular formula is C21H28BClNO4S. The van der Waals surface area contributed by atoms with E-state index in [1.54, 1.807) is 27.4 Å². The van der Waals surface area contributed by atoms with Gasteiger partial charge in [-0.2, -0.15) is 0 Å². The Labute approximate surface area is 182 Å². The van der Waals surface area contributed by atoms with Crippen molar-refractivity contribution in [3.05, 3.63) is 53.1 Å². The summed E-state index contributed by atoms with van der Waals surface area (Å²) >= 11 is 4.73. The quantitative estimate of drug-likeness (QED) is 0.437. The molecule has 2 N–H and O–H groups in total. The average Bonchev–Trinajstić information content (AvgIpc) is 2.66. The molecule has 2 rings (SSSR count). The Bertz CT molecular complexity index is 796. The van der Waals surface area contributed by atoms with Crippen LogP contribution in [-0.2, 0) is 22.6 Å². The number of hydrogen-bond donors (Lipinski definition) is 2. The Kier molecular flexibility index (Phi) is 8.32. The fourth-order valence-corrected chi connectivity index (χ4v) is 2.80. The van der Waals surface area contributed by atoms with Crippen LogP contribution in [0.5, 0.6) is 5.75 Å². The highest BCUT2D eigenvalue weighted by Gasteiger charge is 2.35. The molecule has 1 radical (unpaired) electrons. The van der Waals surface area contributed by atoms with Gasteiger partial charge in [0.25, 0.3) is 0 Å². The molecule has 0 saturated carbocycles. The number of aliphatic hydroxyl groups is 1. The Morgan fingerprint density at radius 1 is 1.14 bits per heavy atom. The SMILES string of the molecule is CC[S+]([O-])Nc1ccc([B]OC(C)(C)C(C)(C)O)cc1OCc1ccc(Cl)cc1. The summed E-state index contributed by atoms with van der Waals surface area (Å²) in [4.78, 5) is 0. The van der Waals surface area contributed by atoms with E-state index in [9.17, 15) is 9.66 Å². The first-order valence-corrected chi connectivity index (χ1v) is 11.1. The maximum absolute atomic E-state index is 12.0. The minimum Gasteiger partial charge on any atom is -0.593 e. The van der Waals surface area contributed by atoms with E-state index in [1.165, 1.54) is 0 Å². The fraction of sp³-hybridized carbons (Fsp3) is 0.429. The van der Waals surface area contributed by atoms with Crippen molar-refractivity contribution in [3.63, 3.8) is 0 Å². The van der Waals surface area contributed by atoms with Gasteiger partial charge in [0.05, 0.1) is 22.6 Å². The fourth-order valence-electron chi connectivity index (χ4n) is 2.11. The molecule has 157 valence electrons. The van der Waals surface area contributed by atoms with Gasteiger partial charge in [-0.05, 0) is 69.9 Å². The first kappa shape index (κ1) is 23.9. The van der Waals surface area contributed by atoms with Gasteiger partial charge in [0, 0.05) is 5.02 Å². The zero-order chi connectivity index (χ0) is 21.7. The van der Waals surface area contributed by atoms with Crippen molar-refractivity contribution in [2.75, 3.05) is 10.5 Å². The summed E-state index contributed by atoms with van der Waals surface area (Å²) in [5.41, 5.74) is 0.569. The predicted octanol–water partition coefficient (Wildman–Crippen LogP) is 3.83. The van der Waals surface area contributed by atoms with E-state index in [2.05, 4.69) is 4.72 Å². The zero-order valence-corrected chi connectivity index (χ0v) is 19.1. The second kappa shape index (κ2) is 10.1. The molecule has 2 aromatic rings. The lowest BCUT2D eigenvalue weighted by atomic mass is 9.82. The van der Waals surface area contributed by atoms with Crippen molar-refractivity contribution >= 4 is 41.6 Å². The Morgan fingerprint density at radius 2 is 1.79 bits per heavy atom. The van der Waals surface area contributed by atoms with E-state index in [-0.39, 0.29) is 0 Å². The number of benzene rings is 2. The van der Waals surface area contributed by atoms with Crippen LogP contribution >= 0.6 is 11.6 Å². The number of ether oxygens (including phenoxy) is 1. The standard InChI is InChI=1S/C21H28BClNO4S/c1-6-29(26)24-18-12-9-16(22-28-21(4,5)20(2,3)25)13-19(18)27-14-15-7-10-17(23)11-8-15/h7-13,24-25H,6,14H2,1-5H3. The molecule has 0 heterocycles. The van der Waals surface area contributed by atoms with Gasteiger partial charge in [0.2, 0.25) is 0 Å². The van der Waals surface area contributed by atoms with E-state index < -0.39 is 22.6 Å². The summed E-state index contributed by atoms with van der Waals surface area (Å²) in [7, 11) is 1.59. The van der Waals surface area contributed by atoms with Gasteiger partial charge in [-0.1, -0.05) is 29.8 Å². The lowest BCUT2D eigenvalue weighted by Crippen LogP contribution is -2.49. The molecule has 0 aliphatic carbocycles. The van der Waals surface area contributed by atoms with Crippen molar-refractivity contribution < 1.29 is 19.1 Å². The molecule has 0 bridgehead atoms.